The molecule has 1 atom stereocenters. The number of rotatable bonds is 5. The first-order chi connectivity index (χ1) is 7.13. The zero-order chi connectivity index (χ0) is 11.3. The summed E-state index contributed by atoms with van der Waals surface area (Å²) in [5.74, 6) is 4.12. The molecule has 4 heteroatoms. The zero-order valence-electron chi connectivity index (χ0n) is 9.57. The van der Waals surface area contributed by atoms with Gasteiger partial charge in [0.15, 0.2) is 0 Å². The smallest absolute Gasteiger partial charge is 0.140 e. The molecule has 1 heterocycles. The molecular weight excluding hydrogens is 188 g/mol. The van der Waals surface area contributed by atoms with E-state index in [0.717, 1.165) is 12.4 Å². The van der Waals surface area contributed by atoms with Crippen LogP contribution in [0.15, 0.2) is 6.33 Å². The number of nitrogens with one attached hydrogen (secondary N) is 1. The third kappa shape index (κ3) is 3.72. The van der Waals surface area contributed by atoms with Crippen molar-refractivity contribution in [1.29, 1.82) is 0 Å². The summed E-state index contributed by atoms with van der Waals surface area (Å²) < 4.78 is 1.92. The van der Waals surface area contributed by atoms with Gasteiger partial charge in [0.05, 0.1) is 12.6 Å². The molecule has 1 rings (SSSR count). The highest BCUT2D eigenvalue weighted by Crippen LogP contribution is 2.01. The highest BCUT2D eigenvalue weighted by molar-refractivity contribution is 4.97. The third-order valence-electron chi connectivity index (χ3n) is 2.05. The van der Waals surface area contributed by atoms with Crippen LogP contribution in [-0.4, -0.2) is 20.8 Å². The predicted octanol–water partition coefficient (Wildman–Crippen LogP) is 1.05. The fourth-order valence-corrected chi connectivity index (χ4v) is 1.23. The first kappa shape index (κ1) is 11.7. The number of nitrogens with zero attached hydrogens (tertiary/aromatic N) is 3. The van der Waals surface area contributed by atoms with Crippen LogP contribution in [0.4, 0.5) is 0 Å². The van der Waals surface area contributed by atoms with Gasteiger partial charge in [-0.3, -0.25) is 5.32 Å². The lowest BCUT2D eigenvalue weighted by Gasteiger charge is -2.10. The minimum absolute atomic E-state index is 0.0641. The van der Waals surface area contributed by atoms with Gasteiger partial charge in [0.1, 0.15) is 12.2 Å². The Balaban J connectivity index is 2.54. The summed E-state index contributed by atoms with van der Waals surface area (Å²) in [6.45, 7) is 7.81. The van der Waals surface area contributed by atoms with Crippen LogP contribution in [0.25, 0.3) is 0 Å². The second kappa shape index (κ2) is 5.52. The van der Waals surface area contributed by atoms with E-state index in [1.54, 1.807) is 6.33 Å². The summed E-state index contributed by atoms with van der Waals surface area (Å²) in [5, 5.41) is 7.36. The van der Waals surface area contributed by atoms with E-state index >= 15 is 0 Å². The quantitative estimate of drug-likeness (QED) is 0.732. The Morgan fingerprint density at radius 1 is 1.53 bits per heavy atom. The molecule has 82 valence electrons. The molecule has 4 nitrogen and oxygen atoms in total. The van der Waals surface area contributed by atoms with Crippen LogP contribution in [0.5, 0.6) is 0 Å². The molecule has 1 N–H and O–H groups in total. The first-order valence-corrected chi connectivity index (χ1v) is 5.19. The standard InChI is InChI=1S/C11H18N4/c1-5-10(4)12-6-11-13-8-14-15(11)7-9(2)3/h1,8-10,12H,6-7H2,2-4H3. The minimum atomic E-state index is 0.0641. The zero-order valence-corrected chi connectivity index (χ0v) is 9.57. The van der Waals surface area contributed by atoms with Crippen LogP contribution >= 0.6 is 0 Å². The lowest BCUT2D eigenvalue weighted by molar-refractivity contribution is 0.455. The Hall–Kier alpha value is -1.34. The summed E-state index contributed by atoms with van der Waals surface area (Å²) in [4.78, 5) is 4.20. The van der Waals surface area contributed by atoms with Gasteiger partial charge in [-0.2, -0.15) is 5.10 Å². The molecule has 0 fully saturated rings. The lowest BCUT2D eigenvalue weighted by atomic mass is 10.2. The predicted molar refractivity (Wildman–Crippen MR) is 60.0 cm³/mol. The topological polar surface area (TPSA) is 42.7 Å². The molecule has 0 aliphatic heterocycles. The van der Waals surface area contributed by atoms with Crippen LogP contribution in [0.2, 0.25) is 0 Å². The number of terminal acetylenes is 1. The van der Waals surface area contributed by atoms with Gasteiger partial charge in [0.2, 0.25) is 0 Å². The normalized spacial score (nSPS) is 12.7. The van der Waals surface area contributed by atoms with Gasteiger partial charge in [-0.1, -0.05) is 19.8 Å². The number of aromatic nitrogens is 3. The number of hydrogen-bond acceptors (Lipinski definition) is 3. The van der Waals surface area contributed by atoms with Crippen LogP contribution in [-0.2, 0) is 13.1 Å². The highest BCUT2D eigenvalue weighted by atomic mass is 15.3. The molecule has 0 aromatic carbocycles. The summed E-state index contributed by atoms with van der Waals surface area (Å²) in [5.41, 5.74) is 0. The van der Waals surface area contributed by atoms with Gasteiger partial charge in [-0.05, 0) is 12.8 Å². The van der Waals surface area contributed by atoms with E-state index in [0.29, 0.717) is 12.5 Å². The molecule has 0 saturated heterocycles. The summed E-state index contributed by atoms with van der Waals surface area (Å²) in [6, 6.07) is 0.0641. The molecule has 1 unspecified atom stereocenters. The van der Waals surface area contributed by atoms with Crippen molar-refractivity contribution in [2.75, 3.05) is 0 Å². The third-order valence-corrected chi connectivity index (χ3v) is 2.05. The van der Waals surface area contributed by atoms with E-state index in [4.69, 9.17) is 6.42 Å². The van der Waals surface area contributed by atoms with E-state index in [1.165, 1.54) is 0 Å². The summed E-state index contributed by atoms with van der Waals surface area (Å²) in [6.07, 6.45) is 6.86. The van der Waals surface area contributed by atoms with Crippen LogP contribution < -0.4 is 5.32 Å². The minimum Gasteiger partial charge on any atom is -0.297 e. The van der Waals surface area contributed by atoms with Crippen molar-refractivity contribution in [3.8, 4) is 12.3 Å². The van der Waals surface area contributed by atoms with Gasteiger partial charge in [-0.25, -0.2) is 9.67 Å². The Morgan fingerprint density at radius 3 is 2.87 bits per heavy atom. The molecule has 1 aromatic rings. The van der Waals surface area contributed by atoms with Gasteiger partial charge in [0, 0.05) is 6.54 Å². The van der Waals surface area contributed by atoms with E-state index in [9.17, 15) is 0 Å². The van der Waals surface area contributed by atoms with Crippen molar-refractivity contribution >= 4 is 0 Å². The molecule has 1 aromatic heterocycles. The molecule has 0 bridgehead atoms. The van der Waals surface area contributed by atoms with Gasteiger partial charge < -0.3 is 0 Å². The van der Waals surface area contributed by atoms with Crippen molar-refractivity contribution in [3.63, 3.8) is 0 Å². The van der Waals surface area contributed by atoms with Crippen molar-refractivity contribution in [3.05, 3.63) is 12.2 Å². The molecule has 0 spiro atoms. The second-order valence-corrected chi connectivity index (χ2v) is 4.02. The average Bonchev–Trinajstić information content (AvgIpc) is 2.61. The van der Waals surface area contributed by atoms with Crippen molar-refractivity contribution in [2.45, 2.75) is 39.9 Å². The van der Waals surface area contributed by atoms with Crippen LogP contribution in [0, 0.1) is 18.3 Å². The maximum Gasteiger partial charge on any atom is 0.140 e. The number of hydrogen-bond donors (Lipinski definition) is 1. The van der Waals surface area contributed by atoms with Gasteiger partial charge >= 0.3 is 0 Å². The summed E-state index contributed by atoms with van der Waals surface area (Å²) in [7, 11) is 0. The van der Waals surface area contributed by atoms with Crippen LogP contribution in [0.3, 0.4) is 0 Å². The molecule has 0 amide bonds. The monoisotopic (exact) mass is 206 g/mol. The molecule has 0 radical (unpaired) electrons. The molecular formula is C11H18N4. The molecule has 0 saturated carbocycles. The fraction of sp³-hybridized carbons (Fsp3) is 0.636. The fourth-order valence-electron chi connectivity index (χ4n) is 1.23. The first-order valence-electron chi connectivity index (χ1n) is 5.19. The van der Waals surface area contributed by atoms with Crippen LogP contribution in [0.1, 0.15) is 26.6 Å². The van der Waals surface area contributed by atoms with E-state index in [2.05, 4.69) is 35.2 Å². The Kier molecular flexibility index (Phi) is 4.32. The molecule has 0 aliphatic carbocycles. The summed E-state index contributed by atoms with van der Waals surface area (Å²) >= 11 is 0. The van der Waals surface area contributed by atoms with E-state index < -0.39 is 0 Å². The SMILES string of the molecule is C#CC(C)NCc1ncnn1CC(C)C. The maximum absolute atomic E-state index is 5.27. The van der Waals surface area contributed by atoms with Crippen molar-refractivity contribution in [2.24, 2.45) is 5.92 Å². The Labute approximate surface area is 91.1 Å². The Bertz CT molecular complexity index is 335. The highest BCUT2D eigenvalue weighted by Gasteiger charge is 2.06. The lowest BCUT2D eigenvalue weighted by Crippen LogP contribution is -2.26. The van der Waals surface area contributed by atoms with Crippen molar-refractivity contribution in [1.82, 2.24) is 20.1 Å². The van der Waals surface area contributed by atoms with Gasteiger partial charge in [-0.15, -0.1) is 6.42 Å². The second-order valence-electron chi connectivity index (χ2n) is 4.02. The largest absolute Gasteiger partial charge is 0.297 e. The molecule has 0 aliphatic rings. The maximum atomic E-state index is 5.27. The van der Waals surface area contributed by atoms with E-state index in [1.807, 2.05) is 11.6 Å². The Morgan fingerprint density at radius 2 is 2.27 bits per heavy atom. The average molecular weight is 206 g/mol. The van der Waals surface area contributed by atoms with Gasteiger partial charge in [0.25, 0.3) is 0 Å². The van der Waals surface area contributed by atoms with E-state index in [-0.39, 0.29) is 6.04 Å². The molecule has 15 heavy (non-hydrogen) atoms. The van der Waals surface area contributed by atoms with Crippen molar-refractivity contribution < 1.29 is 0 Å².